The minimum Gasteiger partial charge on any atom is -0.461 e. The zero-order valence-corrected chi connectivity index (χ0v) is 18.4. The summed E-state index contributed by atoms with van der Waals surface area (Å²) in [5, 5.41) is 12.2. The Balaban J connectivity index is 1.59. The highest BCUT2D eigenvalue weighted by Crippen LogP contribution is 2.67. The quantitative estimate of drug-likeness (QED) is 0.423. The van der Waals surface area contributed by atoms with E-state index in [4.69, 9.17) is 18.9 Å². The number of hydrogen-bond acceptors (Lipinski definition) is 6. The fourth-order valence-electron chi connectivity index (χ4n) is 7.13. The van der Waals surface area contributed by atoms with E-state index in [1.54, 1.807) is 6.08 Å². The zero-order chi connectivity index (χ0) is 21.9. The number of rotatable bonds is 3. The van der Waals surface area contributed by atoms with E-state index in [1.165, 1.54) is 5.57 Å². The van der Waals surface area contributed by atoms with E-state index in [0.717, 1.165) is 19.3 Å². The van der Waals surface area contributed by atoms with Crippen LogP contribution < -0.4 is 0 Å². The highest BCUT2D eigenvalue weighted by molar-refractivity contribution is 5.83. The minimum atomic E-state index is -1.54. The number of ether oxygens (including phenoxy) is 4. The van der Waals surface area contributed by atoms with Gasteiger partial charge in [0, 0.05) is 31.1 Å². The number of hydrogen-bond donors (Lipinski definition) is 1. The Bertz CT molecular complexity index is 876. The van der Waals surface area contributed by atoms with Crippen LogP contribution in [0.15, 0.2) is 24.3 Å². The summed E-state index contributed by atoms with van der Waals surface area (Å²) in [6, 6.07) is 0. The van der Waals surface area contributed by atoms with Gasteiger partial charge in [0.15, 0.2) is 5.79 Å². The molecule has 2 aliphatic heterocycles. The summed E-state index contributed by atoms with van der Waals surface area (Å²) in [7, 11) is 0. The van der Waals surface area contributed by atoms with Crippen molar-refractivity contribution in [3.8, 4) is 12.0 Å². The largest absolute Gasteiger partial charge is 0.461 e. The molecule has 6 heteroatoms. The molecule has 0 amide bonds. The van der Waals surface area contributed by atoms with Crippen LogP contribution in [0.25, 0.3) is 0 Å². The Morgan fingerprint density at radius 1 is 1.35 bits per heavy atom. The molecular formula is C25H32O6. The van der Waals surface area contributed by atoms with Crippen LogP contribution in [0.5, 0.6) is 0 Å². The maximum Gasteiger partial charge on any atom is 0.316 e. The third-order valence-corrected chi connectivity index (χ3v) is 8.64. The van der Waals surface area contributed by atoms with Crippen molar-refractivity contribution in [3.05, 3.63) is 24.3 Å². The van der Waals surface area contributed by atoms with E-state index < -0.39 is 16.8 Å². The molecule has 2 saturated heterocycles. The Morgan fingerprint density at radius 2 is 2.13 bits per heavy atom. The van der Waals surface area contributed by atoms with Crippen molar-refractivity contribution in [3.63, 3.8) is 0 Å². The van der Waals surface area contributed by atoms with Crippen LogP contribution in [0.2, 0.25) is 0 Å². The summed E-state index contributed by atoms with van der Waals surface area (Å²) in [5.74, 6) is 1.88. The number of allylic oxidation sites excluding steroid dienone is 2. The topological polar surface area (TPSA) is 74.2 Å². The predicted octanol–water partition coefficient (Wildman–Crippen LogP) is 3.10. The second kappa shape index (κ2) is 7.10. The lowest BCUT2D eigenvalue weighted by Crippen LogP contribution is -2.64. The summed E-state index contributed by atoms with van der Waals surface area (Å²) in [5.41, 5.74) is -1.55. The van der Waals surface area contributed by atoms with Crippen LogP contribution >= 0.6 is 0 Å². The molecule has 0 aromatic rings. The van der Waals surface area contributed by atoms with Crippen molar-refractivity contribution in [2.45, 2.75) is 69.9 Å². The number of carbonyl (C=O) groups is 1. The molecule has 2 saturated carbocycles. The van der Waals surface area contributed by atoms with Crippen LogP contribution in [0.1, 0.15) is 52.4 Å². The van der Waals surface area contributed by atoms with Gasteiger partial charge in [-0.15, -0.1) is 6.58 Å². The van der Waals surface area contributed by atoms with Crippen LogP contribution in [0.4, 0.5) is 0 Å². The van der Waals surface area contributed by atoms with Gasteiger partial charge in [0.1, 0.15) is 23.2 Å². The normalized spacial score (nSPS) is 44.4. The monoisotopic (exact) mass is 428 g/mol. The Hall–Kier alpha value is -1.81. The highest BCUT2D eigenvalue weighted by Gasteiger charge is 2.73. The lowest BCUT2D eigenvalue weighted by atomic mass is 9.45. The molecule has 0 aromatic carbocycles. The van der Waals surface area contributed by atoms with Crippen LogP contribution in [0, 0.1) is 34.7 Å². The first-order valence-electron chi connectivity index (χ1n) is 11.5. The average molecular weight is 429 g/mol. The van der Waals surface area contributed by atoms with Gasteiger partial charge in [-0.2, -0.15) is 0 Å². The highest BCUT2D eigenvalue weighted by atomic mass is 16.7. The van der Waals surface area contributed by atoms with E-state index in [2.05, 4.69) is 31.6 Å². The molecular weight excluding hydrogens is 396 g/mol. The molecule has 6 nitrogen and oxygen atoms in total. The molecule has 0 aromatic heterocycles. The van der Waals surface area contributed by atoms with E-state index in [9.17, 15) is 9.90 Å². The summed E-state index contributed by atoms with van der Waals surface area (Å²) >= 11 is 0. The molecule has 5 aliphatic rings. The molecule has 6 unspecified atom stereocenters. The molecule has 1 N–H and O–H groups in total. The van der Waals surface area contributed by atoms with Crippen LogP contribution in [-0.4, -0.2) is 48.4 Å². The summed E-state index contributed by atoms with van der Waals surface area (Å²) in [6.07, 6.45) is 10.2. The molecule has 5 rings (SSSR count). The molecule has 1 spiro atoms. The molecule has 2 heterocycles. The number of esters is 1. The van der Waals surface area contributed by atoms with Gasteiger partial charge in [-0.25, -0.2) is 0 Å². The first-order chi connectivity index (χ1) is 14.8. The average Bonchev–Trinajstić information content (AvgIpc) is 3.31. The second-order valence-electron chi connectivity index (χ2n) is 9.95. The third kappa shape index (κ3) is 2.73. The number of fused-ring (bicyclic) bond motifs is 6. The molecule has 168 valence electrons. The van der Waals surface area contributed by atoms with Gasteiger partial charge >= 0.3 is 5.97 Å². The van der Waals surface area contributed by atoms with Crippen LogP contribution in [0.3, 0.4) is 0 Å². The van der Waals surface area contributed by atoms with E-state index in [-0.39, 0.29) is 29.3 Å². The number of aliphatic hydroxyl groups is 1. The van der Waals surface area contributed by atoms with Gasteiger partial charge in [-0.05, 0) is 37.5 Å². The molecule has 2 bridgehead atoms. The van der Waals surface area contributed by atoms with Crippen molar-refractivity contribution >= 4 is 5.97 Å². The smallest absolute Gasteiger partial charge is 0.316 e. The van der Waals surface area contributed by atoms with Gasteiger partial charge in [0.25, 0.3) is 0 Å². The van der Waals surface area contributed by atoms with Gasteiger partial charge in [-0.1, -0.05) is 24.6 Å². The minimum absolute atomic E-state index is 0.0171. The lowest BCUT2D eigenvalue weighted by Gasteiger charge is -2.59. The molecule has 3 aliphatic carbocycles. The predicted molar refractivity (Wildman–Crippen MR) is 112 cm³/mol. The summed E-state index contributed by atoms with van der Waals surface area (Å²) < 4.78 is 23.3. The zero-order valence-electron chi connectivity index (χ0n) is 18.4. The second-order valence-corrected chi connectivity index (χ2v) is 9.95. The third-order valence-electron chi connectivity index (χ3n) is 8.64. The Kier molecular flexibility index (Phi) is 4.82. The van der Waals surface area contributed by atoms with Gasteiger partial charge in [0.2, 0.25) is 0 Å². The molecule has 4 fully saturated rings. The Morgan fingerprint density at radius 3 is 2.84 bits per heavy atom. The SMILES string of the molecule is C=CCC12CC(OC1=O)C1C(CC=C3CC4(CCC31C)OCCO4)C2(O)C#COCC. The van der Waals surface area contributed by atoms with Crippen molar-refractivity contribution < 1.29 is 28.8 Å². The molecule has 6 atom stereocenters. The first-order valence-corrected chi connectivity index (χ1v) is 11.5. The standard InChI is InChI=1S/C25H32O6/c1-4-8-23-16-19(31-21(23)26)20-18(25(23,27)11-12-28-5-2)7-6-17-15-24(29-13-14-30-24)10-9-22(17,20)3/h4,6,18-20,27H,1,5,7-10,13-16H2,2-3H3. The first kappa shape index (κ1) is 21.1. The van der Waals surface area contributed by atoms with Gasteiger partial charge < -0.3 is 24.1 Å². The van der Waals surface area contributed by atoms with E-state index in [0.29, 0.717) is 39.1 Å². The van der Waals surface area contributed by atoms with E-state index in [1.807, 2.05) is 6.92 Å². The fourth-order valence-corrected chi connectivity index (χ4v) is 7.13. The summed E-state index contributed by atoms with van der Waals surface area (Å²) in [6.45, 7) is 9.63. The lowest BCUT2D eigenvalue weighted by molar-refractivity contribution is -0.195. The number of carbonyl (C=O) groups excluding carboxylic acids is 1. The Labute approximate surface area is 183 Å². The van der Waals surface area contributed by atoms with E-state index >= 15 is 0 Å². The van der Waals surface area contributed by atoms with Gasteiger partial charge in [-0.3, -0.25) is 4.79 Å². The van der Waals surface area contributed by atoms with Crippen molar-refractivity contribution in [2.24, 2.45) is 22.7 Å². The van der Waals surface area contributed by atoms with Crippen molar-refractivity contribution in [2.75, 3.05) is 19.8 Å². The van der Waals surface area contributed by atoms with Crippen molar-refractivity contribution in [1.29, 1.82) is 0 Å². The fraction of sp³-hybridized carbons (Fsp3) is 0.720. The molecule has 0 radical (unpaired) electrons. The van der Waals surface area contributed by atoms with Crippen molar-refractivity contribution in [1.82, 2.24) is 0 Å². The maximum atomic E-state index is 13.2. The summed E-state index contributed by atoms with van der Waals surface area (Å²) in [4.78, 5) is 13.2. The van der Waals surface area contributed by atoms with Crippen LogP contribution in [-0.2, 0) is 23.7 Å². The maximum absolute atomic E-state index is 13.2. The van der Waals surface area contributed by atoms with Gasteiger partial charge in [0.05, 0.1) is 19.8 Å². The molecule has 31 heavy (non-hydrogen) atoms.